The molecule has 0 heterocycles. The molecule has 0 unspecified atom stereocenters. The zero-order chi connectivity index (χ0) is 11.1. The van der Waals surface area contributed by atoms with E-state index >= 15 is 0 Å². The molecule has 0 bridgehead atoms. The fourth-order valence-corrected chi connectivity index (χ4v) is 1.22. The van der Waals surface area contributed by atoms with E-state index in [9.17, 15) is 9.59 Å². The lowest BCUT2D eigenvalue weighted by atomic mass is 10.0. The van der Waals surface area contributed by atoms with Gasteiger partial charge in [-0.25, -0.2) is 0 Å². The van der Waals surface area contributed by atoms with Gasteiger partial charge in [-0.15, -0.1) is 6.42 Å². The molecule has 1 aromatic carbocycles. The molecule has 0 atom stereocenters. The Morgan fingerprint density at radius 2 is 1.80 bits per heavy atom. The molecule has 0 amide bonds. The molecule has 0 aliphatic rings. The molecule has 0 aliphatic carbocycles. The van der Waals surface area contributed by atoms with Crippen LogP contribution in [0, 0.1) is 12.3 Å². The van der Waals surface area contributed by atoms with Crippen LogP contribution in [0.4, 0.5) is 0 Å². The van der Waals surface area contributed by atoms with E-state index in [1.165, 1.54) is 0 Å². The summed E-state index contributed by atoms with van der Waals surface area (Å²) in [6.07, 6.45) is 5.58. The van der Waals surface area contributed by atoms with Gasteiger partial charge in [0.15, 0.2) is 5.78 Å². The van der Waals surface area contributed by atoms with Gasteiger partial charge in [-0.2, -0.15) is 0 Å². The van der Waals surface area contributed by atoms with Crippen molar-refractivity contribution in [1.82, 2.24) is 0 Å². The number of hydrogen-bond donors (Lipinski definition) is 0. The van der Waals surface area contributed by atoms with Gasteiger partial charge in [-0.1, -0.05) is 36.3 Å². The van der Waals surface area contributed by atoms with E-state index in [0.717, 1.165) is 0 Å². The Bertz CT molecular complexity index is 385. The fraction of sp³-hybridized carbons (Fsp3) is 0.231. The summed E-state index contributed by atoms with van der Waals surface area (Å²) in [5.41, 5.74) is 0.644. The summed E-state index contributed by atoms with van der Waals surface area (Å²) < 4.78 is 0. The predicted octanol–water partition coefficient (Wildman–Crippen LogP) is 2.24. The highest BCUT2D eigenvalue weighted by Gasteiger charge is 2.07. The molecule has 0 aliphatic heterocycles. The summed E-state index contributed by atoms with van der Waals surface area (Å²) >= 11 is 0. The lowest BCUT2D eigenvalue weighted by molar-refractivity contribution is -0.118. The monoisotopic (exact) mass is 200 g/mol. The molecule has 15 heavy (non-hydrogen) atoms. The second-order valence-corrected chi connectivity index (χ2v) is 3.21. The van der Waals surface area contributed by atoms with Gasteiger partial charge < -0.3 is 0 Å². The lowest BCUT2D eigenvalue weighted by Gasteiger charge is -1.98. The molecule has 0 saturated carbocycles. The summed E-state index contributed by atoms with van der Waals surface area (Å²) in [5, 5.41) is 0. The minimum absolute atomic E-state index is 0.0130. The van der Waals surface area contributed by atoms with Crippen molar-refractivity contribution in [2.75, 3.05) is 0 Å². The predicted molar refractivity (Wildman–Crippen MR) is 58.5 cm³/mol. The molecule has 0 saturated heterocycles. The minimum atomic E-state index is -0.0539. The second kappa shape index (κ2) is 5.77. The van der Waals surface area contributed by atoms with E-state index in [-0.39, 0.29) is 30.8 Å². The van der Waals surface area contributed by atoms with Gasteiger partial charge in [-0.05, 0) is 0 Å². The van der Waals surface area contributed by atoms with E-state index in [0.29, 0.717) is 5.56 Å². The van der Waals surface area contributed by atoms with Crippen molar-refractivity contribution in [2.24, 2.45) is 0 Å². The lowest BCUT2D eigenvalue weighted by Crippen LogP contribution is -2.03. The highest BCUT2D eigenvalue weighted by Crippen LogP contribution is 2.05. The van der Waals surface area contributed by atoms with Gasteiger partial charge in [0.2, 0.25) is 0 Å². The number of carbonyl (C=O) groups is 2. The topological polar surface area (TPSA) is 34.1 Å². The van der Waals surface area contributed by atoms with E-state index in [1.807, 2.05) is 6.07 Å². The number of hydrogen-bond acceptors (Lipinski definition) is 2. The SMILES string of the molecule is C#CCC(=O)CCC(=O)c1ccccc1. The molecule has 0 spiro atoms. The Labute approximate surface area is 89.3 Å². The van der Waals surface area contributed by atoms with Crippen LogP contribution < -0.4 is 0 Å². The first-order valence-corrected chi connectivity index (χ1v) is 4.77. The van der Waals surface area contributed by atoms with Gasteiger partial charge in [0.1, 0.15) is 5.78 Å². The first kappa shape index (κ1) is 11.2. The first-order valence-electron chi connectivity index (χ1n) is 4.77. The number of benzene rings is 1. The summed E-state index contributed by atoms with van der Waals surface area (Å²) in [6.45, 7) is 0. The quantitative estimate of drug-likeness (QED) is 0.539. The molecule has 76 valence electrons. The molecule has 0 N–H and O–H groups in total. The number of Topliss-reactive ketones (excluding diaryl/α,β-unsaturated/α-hetero) is 2. The third kappa shape index (κ3) is 3.78. The summed E-state index contributed by atoms with van der Waals surface area (Å²) in [4.78, 5) is 22.6. The highest BCUT2D eigenvalue weighted by atomic mass is 16.1. The average molecular weight is 200 g/mol. The highest BCUT2D eigenvalue weighted by molar-refractivity contribution is 5.98. The molecule has 2 heteroatoms. The molecule has 0 aromatic heterocycles. The Balaban J connectivity index is 2.45. The first-order chi connectivity index (χ1) is 7.24. The van der Waals surface area contributed by atoms with Crippen LogP contribution in [0.5, 0.6) is 0 Å². The Morgan fingerprint density at radius 3 is 2.40 bits per heavy atom. The van der Waals surface area contributed by atoms with E-state index < -0.39 is 0 Å². The van der Waals surface area contributed by atoms with Crippen LogP contribution in [0.15, 0.2) is 30.3 Å². The van der Waals surface area contributed by atoms with Crippen LogP contribution >= 0.6 is 0 Å². The van der Waals surface area contributed by atoms with Crippen LogP contribution in [0.1, 0.15) is 29.6 Å². The normalized spacial score (nSPS) is 9.27. The second-order valence-electron chi connectivity index (χ2n) is 3.21. The maximum atomic E-state index is 11.5. The summed E-state index contributed by atoms with van der Waals surface area (Å²) in [5.74, 6) is 2.20. The van der Waals surface area contributed by atoms with Crippen molar-refractivity contribution in [3.63, 3.8) is 0 Å². The fourth-order valence-electron chi connectivity index (χ4n) is 1.22. The number of ketones is 2. The Hall–Kier alpha value is -1.88. The van der Waals surface area contributed by atoms with Gasteiger partial charge in [0.05, 0.1) is 6.42 Å². The largest absolute Gasteiger partial charge is 0.299 e. The number of terminal acetylenes is 1. The molecular weight excluding hydrogens is 188 g/mol. The average Bonchev–Trinajstić information content (AvgIpc) is 2.27. The van der Waals surface area contributed by atoms with Crippen molar-refractivity contribution >= 4 is 11.6 Å². The van der Waals surface area contributed by atoms with E-state index in [1.54, 1.807) is 24.3 Å². The number of carbonyl (C=O) groups excluding carboxylic acids is 2. The van der Waals surface area contributed by atoms with Crippen molar-refractivity contribution < 1.29 is 9.59 Å². The van der Waals surface area contributed by atoms with Crippen LogP contribution in [0.3, 0.4) is 0 Å². The van der Waals surface area contributed by atoms with Crippen molar-refractivity contribution in [1.29, 1.82) is 0 Å². The molecule has 0 fully saturated rings. The van der Waals surface area contributed by atoms with Crippen LogP contribution in [-0.4, -0.2) is 11.6 Å². The van der Waals surface area contributed by atoms with Gasteiger partial charge in [0, 0.05) is 18.4 Å². The van der Waals surface area contributed by atoms with E-state index in [2.05, 4.69) is 5.92 Å². The molecule has 1 aromatic rings. The Kier molecular flexibility index (Phi) is 4.30. The van der Waals surface area contributed by atoms with E-state index in [4.69, 9.17) is 6.42 Å². The summed E-state index contributed by atoms with van der Waals surface area (Å²) in [6, 6.07) is 8.94. The van der Waals surface area contributed by atoms with Crippen LogP contribution in [0.25, 0.3) is 0 Å². The van der Waals surface area contributed by atoms with Crippen molar-refractivity contribution in [3.05, 3.63) is 35.9 Å². The zero-order valence-electron chi connectivity index (χ0n) is 8.40. The molecule has 1 rings (SSSR count). The third-order valence-corrected chi connectivity index (χ3v) is 2.03. The maximum absolute atomic E-state index is 11.5. The molecular formula is C13H12O2. The van der Waals surface area contributed by atoms with Crippen LogP contribution in [0.2, 0.25) is 0 Å². The smallest absolute Gasteiger partial charge is 0.163 e. The Morgan fingerprint density at radius 1 is 1.13 bits per heavy atom. The van der Waals surface area contributed by atoms with Crippen LogP contribution in [-0.2, 0) is 4.79 Å². The minimum Gasteiger partial charge on any atom is -0.299 e. The van der Waals surface area contributed by atoms with Crippen molar-refractivity contribution in [2.45, 2.75) is 19.3 Å². The zero-order valence-corrected chi connectivity index (χ0v) is 8.40. The maximum Gasteiger partial charge on any atom is 0.163 e. The summed E-state index contributed by atoms with van der Waals surface area (Å²) in [7, 11) is 0. The van der Waals surface area contributed by atoms with Crippen molar-refractivity contribution in [3.8, 4) is 12.3 Å². The molecule has 0 radical (unpaired) electrons. The molecule has 2 nitrogen and oxygen atoms in total. The third-order valence-electron chi connectivity index (χ3n) is 2.03. The van der Waals surface area contributed by atoms with Gasteiger partial charge >= 0.3 is 0 Å². The number of rotatable bonds is 5. The standard InChI is InChI=1S/C13H12O2/c1-2-6-12(14)9-10-13(15)11-7-4-3-5-8-11/h1,3-5,7-8H,6,9-10H2. The van der Waals surface area contributed by atoms with Gasteiger partial charge in [-0.3, -0.25) is 9.59 Å². The van der Waals surface area contributed by atoms with Gasteiger partial charge in [0.25, 0.3) is 0 Å².